The molecular weight excluding hydrogens is 322 g/mol. The maximum atomic E-state index is 13.1. The Balaban J connectivity index is 1.44. The van der Waals surface area contributed by atoms with Crippen molar-refractivity contribution in [2.45, 2.75) is 38.2 Å². The van der Waals surface area contributed by atoms with E-state index in [0.717, 1.165) is 36.7 Å². The monoisotopic (exact) mass is 349 g/mol. The van der Waals surface area contributed by atoms with E-state index in [-0.39, 0.29) is 12.0 Å². The lowest BCUT2D eigenvalue weighted by molar-refractivity contribution is -0.120. The molecule has 2 aliphatic carbocycles. The maximum Gasteiger partial charge on any atom is 0.229 e. The molecule has 1 aromatic heterocycles. The molecule has 0 bridgehead atoms. The quantitative estimate of drug-likeness (QED) is 0.759. The van der Waals surface area contributed by atoms with Gasteiger partial charge in [0.25, 0.3) is 0 Å². The third-order valence-corrected chi connectivity index (χ3v) is 6.34. The van der Waals surface area contributed by atoms with E-state index in [4.69, 9.17) is 4.74 Å². The van der Waals surface area contributed by atoms with Gasteiger partial charge in [0.2, 0.25) is 5.91 Å². The zero-order valence-electron chi connectivity index (χ0n) is 14.4. The standard InChI is InChI=1S/C18H27N3O2S/c1-20-7-8-23-15(11-20)12-21(18-19-6-9-24-18)17(22)10-16(13-2-3-13)14-4-5-14/h6,9,13-16H,2-5,7-8,10-12H2,1H3. The van der Waals surface area contributed by atoms with E-state index in [1.807, 2.05) is 10.3 Å². The fourth-order valence-corrected chi connectivity index (χ4v) is 4.56. The van der Waals surface area contributed by atoms with Crippen molar-refractivity contribution in [2.75, 3.05) is 38.2 Å². The van der Waals surface area contributed by atoms with Crippen LogP contribution in [0.5, 0.6) is 0 Å². The average molecular weight is 350 g/mol. The first-order valence-electron chi connectivity index (χ1n) is 9.20. The lowest BCUT2D eigenvalue weighted by atomic mass is 9.93. The Hall–Kier alpha value is -0.980. The van der Waals surface area contributed by atoms with E-state index in [9.17, 15) is 4.79 Å². The predicted molar refractivity (Wildman–Crippen MR) is 95.3 cm³/mol. The third-order valence-electron chi connectivity index (χ3n) is 5.54. The lowest BCUT2D eigenvalue weighted by Gasteiger charge is -2.33. The highest BCUT2D eigenvalue weighted by Crippen LogP contribution is 2.51. The first kappa shape index (κ1) is 16.5. The molecule has 0 N–H and O–H groups in total. The van der Waals surface area contributed by atoms with Crippen molar-refractivity contribution >= 4 is 22.4 Å². The summed E-state index contributed by atoms with van der Waals surface area (Å²) in [6, 6.07) is 0. The maximum absolute atomic E-state index is 13.1. The number of morpholine rings is 1. The predicted octanol–water partition coefficient (Wildman–Crippen LogP) is 2.63. The van der Waals surface area contributed by atoms with Gasteiger partial charge in [-0.25, -0.2) is 4.98 Å². The summed E-state index contributed by atoms with van der Waals surface area (Å²) in [5, 5.41) is 2.77. The lowest BCUT2D eigenvalue weighted by Crippen LogP contribution is -2.48. The molecule has 1 aliphatic heterocycles. The van der Waals surface area contributed by atoms with Gasteiger partial charge in [-0.2, -0.15) is 0 Å². The molecule has 4 rings (SSSR count). The summed E-state index contributed by atoms with van der Waals surface area (Å²) in [4.78, 5) is 21.7. The Morgan fingerprint density at radius 3 is 2.75 bits per heavy atom. The van der Waals surface area contributed by atoms with Crippen LogP contribution in [0.4, 0.5) is 5.13 Å². The second-order valence-corrected chi connectivity index (χ2v) is 8.49. The minimum atomic E-state index is 0.0805. The van der Waals surface area contributed by atoms with Crippen molar-refractivity contribution in [1.29, 1.82) is 0 Å². The highest BCUT2D eigenvalue weighted by atomic mass is 32.1. The number of nitrogens with zero attached hydrogens (tertiary/aromatic N) is 3. The van der Waals surface area contributed by atoms with Crippen LogP contribution in [-0.4, -0.2) is 55.2 Å². The Labute approximate surface area is 148 Å². The van der Waals surface area contributed by atoms with Crippen LogP contribution in [0.1, 0.15) is 32.1 Å². The molecule has 1 atom stereocenters. The fourth-order valence-electron chi connectivity index (χ4n) is 3.90. The molecule has 5 nitrogen and oxygen atoms in total. The number of aromatic nitrogens is 1. The van der Waals surface area contributed by atoms with Crippen molar-refractivity contribution in [3.63, 3.8) is 0 Å². The van der Waals surface area contributed by atoms with E-state index in [1.165, 1.54) is 25.7 Å². The Bertz CT molecular complexity index is 545. The van der Waals surface area contributed by atoms with Crippen LogP contribution >= 0.6 is 11.3 Å². The Kier molecular flexibility index (Phi) is 4.88. The van der Waals surface area contributed by atoms with Gasteiger partial charge in [-0.1, -0.05) is 0 Å². The van der Waals surface area contributed by atoms with E-state index in [1.54, 1.807) is 17.5 Å². The smallest absolute Gasteiger partial charge is 0.229 e. The first-order valence-corrected chi connectivity index (χ1v) is 10.1. The largest absolute Gasteiger partial charge is 0.374 e. The normalized spacial score (nSPS) is 25.2. The zero-order valence-corrected chi connectivity index (χ0v) is 15.2. The number of thiazole rings is 1. The SMILES string of the molecule is CN1CCOC(CN(C(=O)CC(C2CC2)C2CC2)c2nccs2)C1. The highest BCUT2D eigenvalue weighted by molar-refractivity contribution is 7.13. The molecule has 2 saturated carbocycles. The second-order valence-electron chi connectivity index (χ2n) is 7.62. The molecular formula is C18H27N3O2S. The molecule has 0 aromatic carbocycles. The van der Waals surface area contributed by atoms with E-state index in [0.29, 0.717) is 18.9 Å². The van der Waals surface area contributed by atoms with Gasteiger partial charge in [0.05, 0.1) is 19.3 Å². The summed E-state index contributed by atoms with van der Waals surface area (Å²) in [7, 11) is 2.11. The van der Waals surface area contributed by atoms with Crippen molar-refractivity contribution in [2.24, 2.45) is 17.8 Å². The van der Waals surface area contributed by atoms with Crippen LogP contribution in [0, 0.1) is 17.8 Å². The van der Waals surface area contributed by atoms with Crippen molar-refractivity contribution in [1.82, 2.24) is 9.88 Å². The van der Waals surface area contributed by atoms with Crippen molar-refractivity contribution in [3.05, 3.63) is 11.6 Å². The number of anilines is 1. The molecule has 6 heteroatoms. The molecule has 1 amide bonds. The molecule has 3 fully saturated rings. The van der Waals surface area contributed by atoms with Crippen LogP contribution in [0.3, 0.4) is 0 Å². The van der Waals surface area contributed by atoms with E-state index in [2.05, 4.69) is 16.9 Å². The zero-order chi connectivity index (χ0) is 16.5. The number of carbonyl (C=O) groups excluding carboxylic acids is 1. The summed E-state index contributed by atoms with van der Waals surface area (Å²) in [6.45, 7) is 3.21. The number of amides is 1. The number of ether oxygens (including phenoxy) is 1. The molecule has 1 saturated heterocycles. The minimum Gasteiger partial charge on any atom is -0.374 e. The molecule has 132 valence electrons. The summed E-state index contributed by atoms with van der Waals surface area (Å²) in [5.74, 6) is 2.45. The van der Waals surface area contributed by atoms with Crippen LogP contribution < -0.4 is 4.90 Å². The van der Waals surface area contributed by atoms with Gasteiger partial charge in [0.15, 0.2) is 5.13 Å². The highest BCUT2D eigenvalue weighted by Gasteiger charge is 2.43. The van der Waals surface area contributed by atoms with Crippen LogP contribution in [0.25, 0.3) is 0 Å². The van der Waals surface area contributed by atoms with Crippen LogP contribution in [0.15, 0.2) is 11.6 Å². The number of rotatable bonds is 7. The van der Waals surface area contributed by atoms with Gasteiger partial charge in [-0.15, -0.1) is 11.3 Å². The molecule has 24 heavy (non-hydrogen) atoms. The molecule has 2 heterocycles. The summed E-state index contributed by atoms with van der Waals surface area (Å²) in [5.41, 5.74) is 0. The number of likely N-dealkylation sites (N-methyl/N-ethyl adjacent to an activating group) is 1. The molecule has 0 spiro atoms. The minimum absolute atomic E-state index is 0.0805. The molecule has 1 unspecified atom stereocenters. The van der Waals surface area contributed by atoms with Gasteiger partial charge < -0.3 is 9.64 Å². The molecule has 3 aliphatic rings. The van der Waals surface area contributed by atoms with E-state index >= 15 is 0 Å². The van der Waals surface area contributed by atoms with Gasteiger partial charge in [-0.05, 0) is 50.5 Å². The van der Waals surface area contributed by atoms with Gasteiger partial charge >= 0.3 is 0 Å². The van der Waals surface area contributed by atoms with Crippen LogP contribution in [-0.2, 0) is 9.53 Å². The summed E-state index contributed by atoms with van der Waals surface area (Å²) >= 11 is 1.55. The van der Waals surface area contributed by atoms with Gasteiger partial charge in [-0.3, -0.25) is 9.69 Å². The number of carbonyl (C=O) groups is 1. The van der Waals surface area contributed by atoms with Gasteiger partial charge in [0, 0.05) is 31.1 Å². The van der Waals surface area contributed by atoms with Crippen LogP contribution in [0.2, 0.25) is 0 Å². The van der Waals surface area contributed by atoms with Crippen molar-refractivity contribution in [3.8, 4) is 0 Å². The molecule has 0 radical (unpaired) electrons. The second kappa shape index (κ2) is 7.10. The summed E-state index contributed by atoms with van der Waals surface area (Å²) in [6.07, 6.45) is 7.84. The summed E-state index contributed by atoms with van der Waals surface area (Å²) < 4.78 is 5.89. The molecule has 1 aromatic rings. The first-order chi connectivity index (χ1) is 11.7. The van der Waals surface area contributed by atoms with Gasteiger partial charge in [0.1, 0.15) is 0 Å². The Morgan fingerprint density at radius 1 is 1.42 bits per heavy atom. The fraction of sp³-hybridized carbons (Fsp3) is 0.778. The topological polar surface area (TPSA) is 45.7 Å². The van der Waals surface area contributed by atoms with Crippen molar-refractivity contribution < 1.29 is 9.53 Å². The number of hydrogen-bond donors (Lipinski definition) is 0. The third kappa shape index (κ3) is 3.98. The average Bonchev–Trinajstić information content (AvgIpc) is 3.50. The Morgan fingerprint density at radius 2 is 2.17 bits per heavy atom. The number of hydrogen-bond acceptors (Lipinski definition) is 5. The van der Waals surface area contributed by atoms with E-state index < -0.39 is 0 Å².